The maximum Gasteiger partial charge on any atom is 0.222 e. The first-order valence-electron chi connectivity index (χ1n) is 5.59. The van der Waals surface area contributed by atoms with Crippen molar-refractivity contribution in [3.63, 3.8) is 0 Å². The lowest BCUT2D eigenvalue weighted by atomic mass is 10.3. The number of methoxy groups -OCH3 is 1. The minimum atomic E-state index is 0.311. The average molecular weight is 289 g/mol. The number of nitrogens with zero attached hydrogens (tertiary/aromatic N) is 2. The lowest BCUT2D eigenvalue weighted by molar-refractivity contribution is 0.414. The number of fused-ring (bicyclic) bond motifs is 1. The van der Waals surface area contributed by atoms with Crippen molar-refractivity contribution in [2.75, 3.05) is 12.8 Å². The summed E-state index contributed by atoms with van der Waals surface area (Å²) < 4.78 is 5.14. The van der Waals surface area contributed by atoms with Crippen molar-refractivity contribution in [1.82, 2.24) is 9.97 Å². The Balaban J connectivity index is 1.97. The molecule has 4 nitrogen and oxygen atoms in total. The maximum absolute atomic E-state index is 5.73. The highest BCUT2D eigenvalue weighted by molar-refractivity contribution is 7.99. The molecule has 2 heterocycles. The number of rotatable bonds is 3. The molecule has 96 valence electrons. The zero-order chi connectivity index (χ0) is 13.2. The Hall–Kier alpha value is -1.79. The van der Waals surface area contributed by atoms with Crippen molar-refractivity contribution in [1.29, 1.82) is 0 Å². The normalized spacial score (nSPS) is 10.8. The lowest BCUT2D eigenvalue weighted by Crippen LogP contribution is -1.95. The average Bonchev–Trinajstić information content (AvgIpc) is 2.88. The van der Waals surface area contributed by atoms with Crippen LogP contribution in [0.15, 0.2) is 45.6 Å². The second-order valence-electron chi connectivity index (χ2n) is 3.80. The molecule has 0 fully saturated rings. The molecule has 0 saturated carbocycles. The van der Waals surface area contributed by atoms with Crippen LogP contribution in [-0.4, -0.2) is 17.1 Å². The summed E-state index contributed by atoms with van der Waals surface area (Å²) in [6.45, 7) is 0. The fourth-order valence-corrected chi connectivity index (χ4v) is 3.42. The van der Waals surface area contributed by atoms with Gasteiger partial charge in [0.1, 0.15) is 15.6 Å². The van der Waals surface area contributed by atoms with Crippen LogP contribution in [0.1, 0.15) is 0 Å². The lowest BCUT2D eigenvalue weighted by Gasteiger charge is -2.04. The minimum absolute atomic E-state index is 0.311. The van der Waals surface area contributed by atoms with Crippen LogP contribution in [0.3, 0.4) is 0 Å². The van der Waals surface area contributed by atoms with Crippen molar-refractivity contribution < 1.29 is 4.74 Å². The Morgan fingerprint density at radius 3 is 2.68 bits per heavy atom. The highest BCUT2D eigenvalue weighted by Crippen LogP contribution is 2.34. The van der Waals surface area contributed by atoms with Crippen LogP contribution < -0.4 is 10.5 Å². The van der Waals surface area contributed by atoms with Gasteiger partial charge in [-0.3, -0.25) is 0 Å². The second-order valence-corrected chi connectivity index (χ2v) is 5.76. The summed E-state index contributed by atoms with van der Waals surface area (Å²) in [5.74, 6) is 1.15. The van der Waals surface area contributed by atoms with Crippen molar-refractivity contribution in [3.8, 4) is 5.75 Å². The molecule has 0 radical (unpaired) electrons. The fourth-order valence-electron chi connectivity index (χ4n) is 1.68. The Kier molecular flexibility index (Phi) is 3.27. The number of nitrogens with two attached hydrogens (primary N) is 1. The molecule has 3 aromatic rings. The Morgan fingerprint density at radius 2 is 1.95 bits per heavy atom. The van der Waals surface area contributed by atoms with Gasteiger partial charge in [0.25, 0.3) is 0 Å². The zero-order valence-corrected chi connectivity index (χ0v) is 11.8. The third kappa shape index (κ3) is 2.50. The molecule has 0 bridgehead atoms. The molecule has 0 atom stereocenters. The van der Waals surface area contributed by atoms with Crippen LogP contribution in [0, 0.1) is 0 Å². The van der Waals surface area contributed by atoms with E-state index in [2.05, 4.69) is 9.97 Å². The number of ether oxygens (including phenoxy) is 1. The van der Waals surface area contributed by atoms with Crippen molar-refractivity contribution in [3.05, 3.63) is 35.7 Å². The van der Waals surface area contributed by atoms with Gasteiger partial charge in [0.15, 0.2) is 0 Å². The molecule has 19 heavy (non-hydrogen) atoms. The second kappa shape index (κ2) is 5.07. The van der Waals surface area contributed by atoms with E-state index in [4.69, 9.17) is 10.5 Å². The smallest absolute Gasteiger partial charge is 0.222 e. The molecule has 0 amide bonds. The van der Waals surface area contributed by atoms with E-state index in [-0.39, 0.29) is 0 Å². The van der Waals surface area contributed by atoms with E-state index in [1.54, 1.807) is 30.2 Å². The molecule has 0 aliphatic carbocycles. The summed E-state index contributed by atoms with van der Waals surface area (Å²) in [7, 11) is 1.65. The topological polar surface area (TPSA) is 61.0 Å². The maximum atomic E-state index is 5.73. The van der Waals surface area contributed by atoms with Gasteiger partial charge in [-0.1, -0.05) is 11.8 Å². The predicted octanol–water partition coefficient (Wildman–Crippen LogP) is 3.43. The molecule has 1 aromatic carbocycles. The molecule has 0 unspecified atom stereocenters. The molecule has 0 spiro atoms. The standard InChI is InChI=1S/C13H11N3OS2/c1-17-8-2-4-9(5-3-8)19-12-10-6-7-18-11(10)15-13(14)16-12/h2-7H,1H3,(H2,14,15,16). The first-order chi connectivity index (χ1) is 9.26. The van der Waals surface area contributed by atoms with Gasteiger partial charge in [0.05, 0.1) is 7.11 Å². The van der Waals surface area contributed by atoms with Crippen LogP contribution in [-0.2, 0) is 0 Å². The predicted molar refractivity (Wildman–Crippen MR) is 78.9 cm³/mol. The van der Waals surface area contributed by atoms with Gasteiger partial charge in [-0.25, -0.2) is 9.97 Å². The first kappa shape index (κ1) is 12.3. The van der Waals surface area contributed by atoms with E-state index in [1.165, 1.54) is 0 Å². The fraction of sp³-hybridized carbons (Fsp3) is 0.0769. The quantitative estimate of drug-likeness (QED) is 0.748. The largest absolute Gasteiger partial charge is 0.497 e. The van der Waals surface area contributed by atoms with Gasteiger partial charge < -0.3 is 10.5 Å². The highest BCUT2D eigenvalue weighted by atomic mass is 32.2. The molecule has 0 saturated heterocycles. The Labute approximate surface area is 118 Å². The van der Waals surface area contributed by atoms with Crippen molar-refractivity contribution >= 4 is 39.3 Å². The zero-order valence-electron chi connectivity index (χ0n) is 10.2. The minimum Gasteiger partial charge on any atom is -0.497 e. The molecule has 2 aromatic heterocycles. The van der Waals surface area contributed by atoms with Gasteiger partial charge in [0.2, 0.25) is 5.95 Å². The molecular weight excluding hydrogens is 278 g/mol. The third-order valence-electron chi connectivity index (χ3n) is 2.58. The van der Waals surface area contributed by atoms with Crippen LogP contribution in [0.5, 0.6) is 5.75 Å². The van der Waals surface area contributed by atoms with Crippen molar-refractivity contribution in [2.45, 2.75) is 9.92 Å². The van der Waals surface area contributed by atoms with Crippen LogP contribution in [0.25, 0.3) is 10.2 Å². The van der Waals surface area contributed by atoms with Gasteiger partial charge in [0, 0.05) is 10.3 Å². The molecule has 0 aliphatic rings. The van der Waals surface area contributed by atoms with Gasteiger partial charge in [-0.2, -0.15) is 0 Å². The molecule has 3 rings (SSSR count). The molecular formula is C13H11N3OS2. The van der Waals surface area contributed by atoms with E-state index in [9.17, 15) is 0 Å². The summed E-state index contributed by atoms with van der Waals surface area (Å²) in [6.07, 6.45) is 0. The van der Waals surface area contributed by atoms with Crippen LogP contribution in [0.2, 0.25) is 0 Å². The summed E-state index contributed by atoms with van der Waals surface area (Å²) in [5, 5.41) is 3.92. The Bertz CT molecular complexity index is 709. The van der Waals surface area contributed by atoms with E-state index >= 15 is 0 Å². The Morgan fingerprint density at radius 1 is 1.16 bits per heavy atom. The number of benzene rings is 1. The molecule has 2 N–H and O–H groups in total. The van der Waals surface area contributed by atoms with E-state index in [0.717, 1.165) is 25.9 Å². The van der Waals surface area contributed by atoms with Gasteiger partial charge in [-0.15, -0.1) is 11.3 Å². The van der Waals surface area contributed by atoms with E-state index in [1.807, 2.05) is 35.7 Å². The number of hydrogen-bond donors (Lipinski definition) is 1. The number of nitrogen functional groups attached to an aromatic ring is 1. The summed E-state index contributed by atoms with van der Waals surface area (Å²) in [5.41, 5.74) is 5.73. The molecule has 0 aliphatic heterocycles. The van der Waals surface area contributed by atoms with E-state index in [0.29, 0.717) is 5.95 Å². The van der Waals surface area contributed by atoms with Crippen LogP contribution >= 0.6 is 23.1 Å². The number of anilines is 1. The number of thiophene rings is 1. The first-order valence-corrected chi connectivity index (χ1v) is 7.28. The summed E-state index contributed by atoms with van der Waals surface area (Å²) in [6, 6.07) is 9.88. The molecule has 6 heteroatoms. The summed E-state index contributed by atoms with van der Waals surface area (Å²) in [4.78, 5) is 10.5. The van der Waals surface area contributed by atoms with Crippen molar-refractivity contribution in [2.24, 2.45) is 0 Å². The monoisotopic (exact) mass is 289 g/mol. The SMILES string of the molecule is COc1ccc(Sc2nc(N)nc3sccc23)cc1. The number of hydrogen-bond acceptors (Lipinski definition) is 6. The number of aromatic nitrogens is 2. The highest BCUT2D eigenvalue weighted by Gasteiger charge is 2.09. The summed E-state index contributed by atoms with van der Waals surface area (Å²) >= 11 is 3.14. The van der Waals surface area contributed by atoms with Crippen LogP contribution in [0.4, 0.5) is 5.95 Å². The van der Waals surface area contributed by atoms with Gasteiger partial charge >= 0.3 is 0 Å². The third-order valence-corrected chi connectivity index (χ3v) is 4.40. The van der Waals surface area contributed by atoms with E-state index < -0.39 is 0 Å². The van der Waals surface area contributed by atoms with Gasteiger partial charge in [-0.05, 0) is 35.7 Å².